The molecule has 1 N–H and O–H groups in total. The lowest BCUT2D eigenvalue weighted by molar-refractivity contribution is -0.173. The molecule has 0 radical (unpaired) electrons. The average Bonchev–Trinajstić information content (AvgIpc) is 2.02. The van der Waals surface area contributed by atoms with Crippen LogP contribution < -0.4 is 5.32 Å². The van der Waals surface area contributed by atoms with E-state index in [1.54, 1.807) is 12.2 Å². The van der Waals surface area contributed by atoms with Gasteiger partial charge in [0, 0.05) is 0 Å². The molecular formula is C8H8F3NO2. The molecule has 1 aliphatic rings. The van der Waals surface area contributed by atoms with Crippen molar-refractivity contribution in [2.45, 2.75) is 19.1 Å². The first-order valence-corrected chi connectivity index (χ1v) is 3.79. The van der Waals surface area contributed by atoms with Gasteiger partial charge in [-0.25, -0.2) is 0 Å². The molecule has 1 heterocycles. The van der Waals surface area contributed by atoms with E-state index in [-0.39, 0.29) is 0 Å². The quantitative estimate of drug-likeness (QED) is 0.707. The number of carbonyl (C=O) groups is 1. The van der Waals surface area contributed by atoms with Crippen molar-refractivity contribution in [3.8, 4) is 0 Å². The Morgan fingerprint density at radius 2 is 2.21 bits per heavy atom. The number of allylic oxidation sites excluding steroid dienone is 1. The maximum Gasteiger partial charge on any atom is 0.471 e. The van der Waals surface area contributed by atoms with Gasteiger partial charge in [0.05, 0.1) is 18.1 Å². The summed E-state index contributed by atoms with van der Waals surface area (Å²) in [6.45, 7) is 1.58. The minimum absolute atomic E-state index is 0.444. The van der Waals surface area contributed by atoms with Gasteiger partial charge in [-0.2, -0.15) is 13.2 Å². The van der Waals surface area contributed by atoms with Crippen LogP contribution in [-0.2, 0) is 9.53 Å². The van der Waals surface area contributed by atoms with Gasteiger partial charge < -0.3 is 10.1 Å². The molecule has 1 aliphatic heterocycles. The summed E-state index contributed by atoms with van der Waals surface area (Å²) in [7, 11) is 0. The molecule has 0 bridgehead atoms. The number of alkyl halides is 3. The van der Waals surface area contributed by atoms with Crippen molar-refractivity contribution in [3.63, 3.8) is 0 Å². The highest BCUT2D eigenvalue weighted by Gasteiger charge is 2.39. The molecule has 1 rings (SSSR count). The van der Waals surface area contributed by atoms with E-state index in [4.69, 9.17) is 4.74 Å². The number of hydrogen-bond acceptors (Lipinski definition) is 2. The summed E-state index contributed by atoms with van der Waals surface area (Å²) in [6, 6.07) is -0.766. The van der Waals surface area contributed by atoms with Crippen molar-refractivity contribution in [3.05, 3.63) is 24.2 Å². The minimum atomic E-state index is -4.85. The normalized spacial score (nSPS) is 21.1. The predicted octanol–water partition coefficient (Wildman–Crippen LogP) is 1.48. The van der Waals surface area contributed by atoms with E-state index >= 15 is 0 Å². The predicted molar refractivity (Wildman–Crippen MR) is 42.0 cm³/mol. The highest BCUT2D eigenvalue weighted by atomic mass is 19.4. The zero-order valence-electron chi connectivity index (χ0n) is 7.26. The second kappa shape index (κ2) is 3.73. The van der Waals surface area contributed by atoms with Gasteiger partial charge in [-0.1, -0.05) is 0 Å². The fourth-order valence-electron chi connectivity index (χ4n) is 0.902. The lowest BCUT2D eigenvalue weighted by atomic mass is 10.2. The number of halogens is 3. The largest absolute Gasteiger partial charge is 0.471 e. The summed E-state index contributed by atoms with van der Waals surface area (Å²) < 4.78 is 40.3. The zero-order chi connectivity index (χ0) is 10.8. The Labute approximate surface area is 78.2 Å². The topological polar surface area (TPSA) is 38.3 Å². The van der Waals surface area contributed by atoms with E-state index in [1.165, 1.54) is 18.4 Å². The molecule has 0 aromatic carbocycles. The molecule has 0 aromatic rings. The van der Waals surface area contributed by atoms with E-state index in [0.717, 1.165) is 0 Å². The minimum Gasteiger partial charge on any atom is -0.470 e. The molecule has 0 saturated carbocycles. The second-order valence-corrected chi connectivity index (χ2v) is 2.72. The van der Waals surface area contributed by atoms with Crippen LogP contribution in [-0.4, -0.2) is 18.1 Å². The van der Waals surface area contributed by atoms with Crippen LogP contribution in [0.25, 0.3) is 0 Å². The number of hydrogen-bond donors (Lipinski definition) is 1. The van der Waals surface area contributed by atoms with Crippen LogP contribution in [0.15, 0.2) is 24.2 Å². The highest BCUT2D eigenvalue weighted by Crippen LogP contribution is 2.15. The maximum atomic E-state index is 11.8. The average molecular weight is 207 g/mol. The van der Waals surface area contributed by atoms with Crippen LogP contribution in [0.4, 0.5) is 13.2 Å². The van der Waals surface area contributed by atoms with Crippen molar-refractivity contribution in [2.75, 3.05) is 0 Å². The Balaban J connectivity index is 2.57. The first-order chi connectivity index (χ1) is 6.39. The van der Waals surface area contributed by atoms with Gasteiger partial charge >= 0.3 is 12.1 Å². The van der Waals surface area contributed by atoms with Gasteiger partial charge in [0.1, 0.15) is 0 Å². The van der Waals surface area contributed by atoms with Crippen LogP contribution in [0.2, 0.25) is 0 Å². The standard InChI is InChI=1S/C8H8F3NO2/c1-5-4-6(2-3-14-5)12-7(13)8(9,10)11/h2-4,6H,1H3,(H,12,13). The number of amides is 1. The molecular weight excluding hydrogens is 199 g/mol. The van der Waals surface area contributed by atoms with Crippen LogP contribution in [0.3, 0.4) is 0 Å². The molecule has 3 nitrogen and oxygen atoms in total. The molecule has 0 aromatic heterocycles. The fourth-order valence-corrected chi connectivity index (χ4v) is 0.902. The smallest absolute Gasteiger partial charge is 0.470 e. The van der Waals surface area contributed by atoms with Crippen LogP contribution >= 0.6 is 0 Å². The molecule has 14 heavy (non-hydrogen) atoms. The molecule has 1 amide bonds. The summed E-state index contributed by atoms with van der Waals surface area (Å²) in [6.07, 6.45) is -0.926. The summed E-state index contributed by atoms with van der Waals surface area (Å²) >= 11 is 0. The van der Waals surface area contributed by atoms with Crippen LogP contribution in [0.1, 0.15) is 6.92 Å². The SMILES string of the molecule is CC1=CC(NC(=O)C(F)(F)F)C=CO1. The Hall–Kier alpha value is -1.46. The molecule has 1 atom stereocenters. The highest BCUT2D eigenvalue weighted by molar-refractivity contribution is 5.82. The lowest BCUT2D eigenvalue weighted by Crippen LogP contribution is -2.42. The summed E-state index contributed by atoms with van der Waals surface area (Å²) in [5, 5.41) is 1.78. The van der Waals surface area contributed by atoms with Crippen LogP contribution in [0, 0.1) is 0 Å². The van der Waals surface area contributed by atoms with Crippen molar-refractivity contribution < 1.29 is 22.7 Å². The number of nitrogens with one attached hydrogen (secondary N) is 1. The Kier molecular flexibility index (Phi) is 2.83. The van der Waals surface area contributed by atoms with Crippen molar-refractivity contribution >= 4 is 5.91 Å². The third-order valence-corrected chi connectivity index (χ3v) is 1.51. The van der Waals surface area contributed by atoms with E-state index in [0.29, 0.717) is 5.76 Å². The zero-order valence-corrected chi connectivity index (χ0v) is 7.26. The molecule has 1 unspecified atom stereocenters. The molecule has 0 saturated heterocycles. The Morgan fingerprint density at radius 1 is 1.57 bits per heavy atom. The third-order valence-electron chi connectivity index (χ3n) is 1.51. The second-order valence-electron chi connectivity index (χ2n) is 2.72. The van der Waals surface area contributed by atoms with E-state index in [9.17, 15) is 18.0 Å². The van der Waals surface area contributed by atoms with Gasteiger partial charge in [0.25, 0.3) is 0 Å². The van der Waals surface area contributed by atoms with Gasteiger partial charge in [-0.3, -0.25) is 4.79 Å². The first kappa shape index (κ1) is 10.6. The summed E-state index contributed by atoms with van der Waals surface area (Å²) in [5.74, 6) is -1.52. The first-order valence-electron chi connectivity index (χ1n) is 3.79. The number of carbonyl (C=O) groups excluding carboxylic acids is 1. The molecule has 78 valence electrons. The maximum absolute atomic E-state index is 11.8. The number of ether oxygens (including phenoxy) is 1. The third kappa shape index (κ3) is 2.79. The molecule has 0 spiro atoms. The molecule has 0 fully saturated rings. The number of rotatable bonds is 1. The molecule has 0 aliphatic carbocycles. The van der Waals surface area contributed by atoms with E-state index in [2.05, 4.69) is 0 Å². The Bertz CT molecular complexity index is 293. The van der Waals surface area contributed by atoms with Gasteiger partial charge in [-0.05, 0) is 19.1 Å². The fraction of sp³-hybridized carbons (Fsp3) is 0.375. The van der Waals surface area contributed by atoms with E-state index < -0.39 is 18.1 Å². The summed E-state index contributed by atoms with van der Waals surface area (Å²) in [4.78, 5) is 10.5. The van der Waals surface area contributed by atoms with Gasteiger partial charge in [-0.15, -0.1) is 0 Å². The van der Waals surface area contributed by atoms with Crippen molar-refractivity contribution in [1.29, 1.82) is 0 Å². The van der Waals surface area contributed by atoms with Gasteiger partial charge in [0.2, 0.25) is 0 Å². The monoisotopic (exact) mass is 207 g/mol. The van der Waals surface area contributed by atoms with Gasteiger partial charge in [0.15, 0.2) is 0 Å². The Morgan fingerprint density at radius 3 is 2.71 bits per heavy atom. The van der Waals surface area contributed by atoms with Crippen LogP contribution in [0.5, 0.6) is 0 Å². The lowest BCUT2D eigenvalue weighted by Gasteiger charge is -2.16. The summed E-state index contributed by atoms with van der Waals surface area (Å²) in [5.41, 5.74) is 0. The van der Waals surface area contributed by atoms with Crippen molar-refractivity contribution in [2.24, 2.45) is 0 Å². The van der Waals surface area contributed by atoms with Crippen molar-refractivity contribution in [1.82, 2.24) is 5.32 Å². The van der Waals surface area contributed by atoms with E-state index in [1.807, 2.05) is 0 Å². The molecule has 6 heteroatoms.